The number of rotatable bonds is 3. The minimum Gasteiger partial charge on any atom is -0.497 e. The van der Waals surface area contributed by atoms with E-state index in [0.29, 0.717) is 0 Å². The van der Waals surface area contributed by atoms with Crippen molar-refractivity contribution in [3.8, 4) is 5.75 Å². The summed E-state index contributed by atoms with van der Waals surface area (Å²) in [5, 5.41) is 10.3. The first-order valence-electron chi connectivity index (χ1n) is 8.04. The van der Waals surface area contributed by atoms with Crippen molar-refractivity contribution in [2.24, 2.45) is 0 Å². The van der Waals surface area contributed by atoms with Gasteiger partial charge in [0.25, 0.3) is 0 Å². The van der Waals surface area contributed by atoms with Gasteiger partial charge in [-0.05, 0) is 63.6 Å². The fourth-order valence-electron chi connectivity index (χ4n) is 4.58. The Morgan fingerprint density at radius 2 is 1.71 bits per heavy atom. The molecule has 0 amide bonds. The van der Waals surface area contributed by atoms with Crippen LogP contribution in [0.5, 0.6) is 5.75 Å². The minimum atomic E-state index is -0.146. The second-order valence-corrected chi connectivity index (χ2v) is 7.34. The smallest absolute Gasteiger partial charge is 0.118 e. The van der Waals surface area contributed by atoms with Crippen LogP contribution in [-0.4, -0.2) is 34.3 Å². The van der Waals surface area contributed by atoms with E-state index in [2.05, 4.69) is 30.9 Å². The third-order valence-corrected chi connectivity index (χ3v) is 5.58. The highest BCUT2D eigenvalue weighted by Crippen LogP contribution is 2.48. The Morgan fingerprint density at radius 1 is 1.14 bits per heavy atom. The molecular weight excluding hydrogens is 262 g/mol. The molecule has 0 radical (unpaired) electrons. The lowest BCUT2D eigenvalue weighted by atomic mass is 9.67. The zero-order chi connectivity index (χ0) is 15.1. The molecule has 2 heterocycles. The number of ether oxygens (including phenoxy) is 1. The van der Waals surface area contributed by atoms with Gasteiger partial charge in [0.05, 0.1) is 13.2 Å². The van der Waals surface area contributed by atoms with Crippen LogP contribution in [-0.2, 0) is 6.54 Å². The Balaban J connectivity index is 1.85. The number of aliphatic hydroxyl groups excluding tert-OH is 1. The zero-order valence-corrected chi connectivity index (χ0v) is 13.4. The van der Waals surface area contributed by atoms with Crippen LogP contribution in [0.25, 0.3) is 0 Å². The number of fused-ring (bicyclic) bond motifs is 2. The normalized spacial score (nSPS) is 36.5. The van der Waals surface area contributed by atoms with Gasteiger partial charge in [0.1, 0.15) is 5.75 Å². The maximum absolute atomic E-state index is 10.3. The Hall–Kier alpha value is -1.06. The molecule has 2 fully saturated rings. The summed E-state index contributed by atoms with van der Waals surface area (Å²) in [4.78, 5) is 2.65. The molecule has 2 unspecified atom stereocenters. The zero-order valence-electron chi connectivity index (χ0n) is 13.4. The van der Waals surface area contributed by atoms with Gasteiger partial charge in [-0.15, -0.1) is 0 Å². The predicted octanol–water partition coefficient (Wildman–Crippen LogP) is 3.35. The van der Waals surface area contributed by atoms with Crippen LogP contribution in [0.4, 0.5) is 0 Å². The van der Waals surface area contributed by atoms with Crippen molar-refractivity contribution in [3.63, 3.8) is 0 Å². The van der Waals surface area contributed by atoms with E-state index in [-0.39, 0.29) is 17.2 Å². The summed E-state index contributed by atoms with van der Waals surface area (Å²) in [7, 11) is 1.70. The second kappa shape index (κ2) is 5.29. The first kappa shape index (κ1) is 14.9. The van der Waals surface area contributed by atoms with Crippen LogP contribution in [0.2, 0.25) is 0 Å². The molecule has 0 saturated carbocycles. The van der Waals surface area contributed by atoms with Gasteiger partial charge >= 0.3 is 0 Å². The molecule has 2 bridgehead atoms. The molecule has 2 aliphatic rings. The molecule has 1 N–H and O–H groups in total. The molecule has 0 aromatic heterocycles. The second-order valence-electron chi connectivity index (χ2n) is 7.34. The monoisotopic (exact) mass is 289 g/mol. The molecule has 116 valence electrons. The van der Waals surface area contributed by atoms with E-state index in [9.17, 15) is 5.11 Å². The SMILES string of the molecule is COc1ccc(CN2C3(C)CCCC2(C)CC(O)C3)cc1. The summed E-state index contributed by atoms with van der Waals surface area (Å²) in [5.74, 6) is 0.908. The number of aliphatic hydroxyl groups is 1. The van der Waals surface area contributed by atoms with Gasteiger partial charge < -0.3 is 9.84 Å². The number of hydrogen-bond donors (Lipinski definition) is 1. The largest absolute Gasteiger partial charge is 0.497 e. The van der Waals surface area contributed by atoms with Crippen molar-refractivity contribution in [1.82, 2.24) is 4.90 Å². The van der Waals surface area contributed by atoms with Crippen molar-refractivity contribution in [1.29, 1.82) is 0 Å². The number of benzene rings is 1. The number of piperidine rings is 2. The Kier molecular flexibility index (Phi) is 3.74. The standard InChI is InChI=1S/C18H27NO2/c1-17-9-4-10-18(2,12-15(20)11-17)19(17)13-14-5-7-16(21-3)8-6-14/h5-8,15,20H,4,9-13H2,1-3H3. The van der Waals surface area contributed by atoms with E-state index in [1.54, 1.807) is 7.11 Å². The van der Waals surface area contributed by atoms with Gasteiger partial charge in [0.2, 0.25) is 0 Å². The molecule has 0 spiro atoms. The highest BCUT2D eigenvalue weighted by Gasteiger charge is 2.51. The van der Waals surface area contributed by atoms with Gasteiger partial charge in [-0.3, -0.25) is 4.90 Å². The van der Waals surface area contributed by atoms with Crippen LogP contribution in [0.15, 0.2) is 24.3 Å². The van der Waals surface area contributed by atoms with Crippen LogP contribution in [0, 0.1) is 0 Å². The van der Waals surface area contributed by atoms with Crippen molar-refractivity contribution < 1.29 is 9.84 Å². The minimum absolute atomic E-state index is 0.130. The fourth-order valence-corrected chi connectivity index (χ4v) is 4.58. The van der Waals surface area contributed by atoms with Crippen molar-refractivity contribution in [3.05, 3.63) is 29.8 Å². The predicted molar refractivity (Wildman–Crippen MR) is 84.4 cm³/mol. The number of nitrogens with zero attached hydrogens (tertiary/aromatic N) is 1. The first-order chi connectivity index (χ1) is 9.95. The molecule has 2 aliphatic heterocycles. The van der Waals surface area contributed by atoms with Gasteiger partial charge in [-0.1, -0.05) is 12.1 Å². The summed E-state index contributed by atoms with van der Waals surface area (Å²) in [6.45, 7) is 5.62. The molecule has 21 heavy (non-hydrogen) atoms. The topological polar surface area (TPSA) is 32.7 Å². The van der Waals surface area contributed by atoms with E-state index in [1.165, 1.54) is 24.8 Å². The highest BCUT2D eigenvalue weighted by molar-refractivity contribution is 5.27. The molecular formula is C18H27NO2. The lowest BCUT2D eigenvalue weighted by Crippen LogP contribution is -2.66. The quantitative estimate of drug-likeness (QED) is 0.926. The van der Waals surface area contributed by atoms with E-state index in [0.717, 1.165) is 25.1 Å². The van der Waals surface area contributed by atoms with Crippen LogP contribution in [0.1, 0.15) is 51.5 Å². The summed E-state index contributed by atoms with van der Waals surface area (Å²) in [6.07, 6.45) is 5.31. The van der Waals surface area contributed by atoms with E-state index in [1.807, 2.05) is 12.1 Å². The fraction of sp³-hybridized carbons (Fsp3) is 0.667. The van der Waals surface area contributed by atoms with Crippen molar-refractivity contribution in [2.45, 2.75) is 69.7 Å². The van der Waals surface area contributed by atoms with Crippen LogP contribution < -0.4 is 4.74 Å². The average Bonchev–Trinajstić information content (AvgIpc) is 2.42. The van der Waals surface area contributed by atoms with Crippen LogP contribution >= 0.6 is 0 Å². The Labute approximate surface area is 127 Å². The molecule has 3 heteroatoms. The molecule has 0 aliphatic carbocycles. The van der Waals surface area contributed by atoms with Crippen molar-refractivity contribution >= 4 is 0 Å². The van der Waals surface area contributed by atoms with E-state index in [4.69, 9.17) is 4.74 Å². The third kappa shape index (κ3) is 2.69. The molecule has 3 nitrogen and oxygen atoms in total. The van der Waals surface area contributed by atoms with Crippen molar-refractivity contribution in [2.75, 3.05) is 7.11 Å². The van der Waals surface area contributed by atoms with Gasteiger partial charge in [-0.25, -0.2) is 0 Å². The molecule has 2 atom stereocenters. The Bertz CT molecular complexity index is 480. The summed E-state index contributed by atoms with van der Waals surface area (Å²) in [5.41, 5.74) is 1.58. The van der Waals surface area contributed by atoms with Crippen LogP contribution in [0.3, 0.4) is 0 Å². The lowest BCUT2D eigenvalue weighted by Gasteiger charge is -2.60. The molecule has 1 aromatic rings. The lowest BCUT2D eigenvalue weighted by molar-refractivity contribution is -0.131. The summed E-state index contributed by atoms with van der Waals surface area (Å²) in [6, 6.07) is 8.39. The summed E-state index contributed by atoms with van der Waals surface area (Å²) < 4.78 is 5.24. The van der Waals surface area contributed by atoms with Gasteiger partial charge in [0, 0.05) is 17.6 Å². The van der Waals surface area contributed by atoms with Gasteiger partial charge in [0.15, 0.2) is 0 Å². The molecule has 2 saturated heterocycles. The Morgan fingerprint density at radius 3 is 2.24 bits per heavy atom. The number of hydrogen-bond acceptors (Lipinski definition) is 3. The average molecular weight is 289 g/mol. The van der Waals surface area contributed by atoms with Gasteiger partial charge in [-0.2, -0.15) is 0 Å². The van der Waals surface area contributed by atoms with E-state index < -0.39 is 0 Å². The number of methoxy groups -OCH3 is 1. The highest BCUT2D eigenvalue weighted by atomic mass is 16.5. The molecule has 1 aromatic carbocycles. The summed E-state index contributed by atoms with van der Waals surface area (Å²) >= 11 is 0. The third-order valence-electron chi connectivity index (χ3n) is 5.58. The van der Waals surface area contributed by atoms with E-state index >= 15 is 0 Å². The maximum atomic E-state index is 10.3. The first-order valence-corrected chi connectivity index (χ1v) is 8.04. The maximum Gasteiger partial charge on any atom is 0.118 e. The molecule has 3 rings (SSSR count).